The average Bonchev–Trinajstić information content (AvgIpc) is 2.10. The van der Waals surface area contributed by atoms with E-state index in [-0.39, 0.29) is 30.9 Å². The molecule has 1 rings (SSSR count). The van der Waals surface area contributed by atoms with Crippen LogP contribution in [0.3, 0.4) is 0 Å². The molecular formula is C12H21NO4. The van der Waals surface area contributed by atoms with Crippen LogP contribution in [-0.2, 0) is 14.3 Å². The highest BCUT2D eigenvalue weighted by atomic mass is 16.5. The Morgan fingerprint density at radius 3 is 2.41 bits per heavy atom. The Morgan fingerprint density at radius 1 is 1.35 bits per heavy atom. The number of carboxylic acid groups (broad SMARTS) is 1. The number of aliphatic carboxylic acids is 1. The summed E-state index contributed by atoms with van der Waals surface area (Å²) in [6, 6.07) is 0.0909. The number of nitrogens with one attached hydrogen (secondary N) is 1. The van der Waals surface area contributed by atoms with Crippen LogP contribution < -0.4 is 5.32 Å². The van der Waals surface area contributed by atoms with Crippen molar-refractivity contribution in [1.82, 2.24) is 5.32 Å². The molecule has 0 aromatic rings. The first kappa shape index (κ1) is 14.0. The molecule has 0 aliphatic heterocycles. The van der Waals surface area contributed by atoms with Crippen molar-refractivity contribution in [3.63, 3.8) is 0 Å². The van der Waals surface area contributed by atoms with Gasteiger partial charge in [0, 0.05) is 13.5 Å². The Kier molecular flexibility index (Phi) is 4.51. The number of hydrogen-bond acceptors (Lipinski definition) is 3. The van der Waals surface area contributed by atoms with Crippen molar-refractivity contribution in [2.75, 3.05) is 7.11 Å². The standard InChI is InChI=1S/C12H21NO4/c1-12(2,7-11(15)16)6-10(14)13-8-4-5-9(8)17-3/h8-9H,4-7H2,1-3H3,(H,13,14)(H,15,16). The van der Waals surface area contributed by atoms with E-state index in [1.165, 1.54) is 0 Å². The first-order valence-corrected chi connectivity index (χ1v) is 5.88. The van der Waals surface area contributed by atoms with E-state index in [1.807, 2.05) is 0 Å². The van der Waals surface area contributed by atoms with E-state index in [0.29, 0.717) is 0 Å². The highest BCUT2D eigenvalue weighted by molar-refractivity contribution is 5.78. The van der Waals surface area contributed by atoms with Gasteiger partial charge in [0.25, 0.3) is 0 Å². The Hall–Kier alpha value is -1.10. The summed E-state index contributed by atoms with van der Waals surface area (Å²) < 4.78 is 5.19. The van der Waals surface area contributed by atoms with Gasteiger partial charge in [0.05, 0.1) is 18.6 Å². The molecule has 1 saturated carbocycles. The van der Waals surface area contributed by atoms with Gasteiger partial charge >= 0.3 is 5.97 Å². The van der Waals surface area contributed by atoms with Crippen LogP contribution in [0.2, 0.25) is 0 Å². The van der Waals surface area contributed by atoms with E-state index in [0.717, 1.165) is 12.8 Å². The first-order chi connectivity index (χ1) is 7.84. The normalized spacial score (nSPS) is 23.9. The lowest BCUT2D eigenvalue weighted by atomic mass is 9.84. The van der Waals surface area contributed by atoms with Gasteiger partial charge < -0.3 is 15.2 Å². The van der Waals surface area contributed by atoms with Crippen LogP contribution in [-0.4, -0.2) is 36.2 Å². The largest absolute Gasteiger partial charge is 0.481 e. The molecule has 5 heteroatoms. The SMILES string of the molecule is COC1CCC1NC(=O)CC(C)(C)CC(=O)O. The number of hydrogen-bond donors (Lipinski definition) is 2. The lowest BCUT2D eigenvalue weighted by molar-refractivity contribution is -0.139. The average molecular weight is 243 g/mol. The van der Waals surface area contributed by atoms with E-state index in [1.54, 1.807) is 21.0 Å². The number of amides is 1. The maximum atomic E-state index is 11.7. The summed E-state index contributed by atoms with van der Waals surface area (Å²) in [6.07, 6.45) is 2.25. The minimum absolute atomic E-state index is 0.00120. The monoisotopic (exact) mass is 243 g/mol. The fourth-order valence-corrected chi connectivity index (χ4v) is 2.08. The van der Waals surface area contributed by atoms with Crippen molar-refractivity contribution in [2.45, 2.75) is 51.7 Å². The Morgan fingerprint density at radius 2 is 2.00 bits per heavy atom. The Labute approximate surface area is 102 Å². The zero-order valence-corrected chi connectivity index (χ0v) is 10.7. The van der Waals surface area contributed by atoms with Crippen LogP contribution in [0.4, 0.5) is 0 Å². The molecule has 1 aliphatic carbocycles. The third-order valence-corrected chi connectivity index (χ3v) is 3.13. The van der Waals surface area contributed by atoms with Crippen LogP contribution in [0.15, 0.2) is 0 Å². The van der Waals surface area contributed by atoms with Crippen LogP contribution in [0, 0.1) is 5.41 Å². The molecule has 17 heavy (non-hydrogen) atoms. The second kappa shape index (κ2) is 5.49. The zero-order chi connectivity index (χ0) is 13.1. The van der Waals surface area contributed by atoms with Crippen molar-refractivity contribution in [3.05, 3.63) is 0 Å². The second-order valence-electron chi connectivity index (χ2n) is 5.44. The topological polar surface area (TPSA) is 75.6 Å². The molecule has 0 saturated heterocycles. The van der Waals surface area contributed by atoms with Crippen LogP contribution >= 0.6 is 0 Å². The number of carboxylic acids is 1. The number of rotatable bonds is 6. The molecule has 1 aliphatic rings. The third kappa shape index (κ3) is 4.34. The highest BCUT2D eigenvalue weighted by Crippen LogP contribution is 2.27. The molecule has 2 atom stereocenters. The Bertz CT molecular complexity index is 299. The summed E-state index contributed by atoms with van der Waals surface area (Å²) in [4.78, 5) is 22.4. The van der Waals surface area contributed by atoms with Crippen LogP contribution in [0.5, 0.6) is 0 Å². The summed E-state index contributed by atoms with van der Waals surface area (Å²) in [5.74, 6) is -0.968. The van der Waals surface area contributed by atoms with Crippen molar-refractivity contribution in [1.29, 1.82) is 0 Å². The molecular weight excluding hydrogens is 222 g/mol. The van der Waals surface area contributed by atoms with Gasteiger partial charge in [-0.2, -0.15) is 0 Å². The van der Waals surface area contributed by atoms with Crippen molar-refractivity contribution < 1.29 is 19.4 Å². The molecule has 98 valence electrons. The number of ether oxygens (including phenoxy) is 1. The molecule has 1 fully saturated rings. The number of carbonyl (C=O) groups excluding carboxylic acids is 1. The summed E-state index contributed by atoms with van der Waals surface area (Å²) in [5.41, 5.74) is -0.512. The van der Waals surface area contributed by atoms with E-state index in [2.05, 4.69) is 5.32 Å². The van der Waals surface area contributed by atoms with E-state index in [9.17, 15) is 9.59 Å². The molecule has 0 heterocycles. The second-order valence-corrected chi connectivity index (χ2v) is 5.44. The molecule has 1 amide bonds. The highest BCUT2D eigenvalue weighted by Gasteiger charge is 2.33. The van der Waals surface area contributed by atoms with Gasteiger partial charge in [-0.25, -0.2) is 0 Å². The number of carbonyl (C=O) groups is 2. The van der Waals surface area contributed by atoms with Gasteiger partial charge in [0.1, 0.15) is 0 Å². The summed E-state index contributed by atoms with van der Waals surface area (Å²) in [5, 5.41) is 11.6. The maximum absolute atomic E-state index is 11.7. The lowest BCUT2D eigenvalue weighted by Gasteiger charge is -2.36. The van der Waals surface area contributed by atoms with Crippen LogP contribution in [0.1, 0.15) is 39.5 Å². The van der Waals surface area contributed by atoms with Gasteiger partial charge in [-0.3, -0.25) is 9.59 Å². The van der Waals surface area contributed by atoms with Crippen LogP contribution in [0.25, 0.3) is 0 Å². The quantitative estimate of drug-likeness (QED) is 0.734. The molecule has 5 nitrogen and oxygen atoms in total. The Balaban J connectivity index is 2.36. The van der Waals surface area contributed by atoms with Gasteiger partial charge in [0.2, 0.25) is 5.91 Å². The molecule has 0 radical (unpaired) electrons. The third-order valence-electron chi connectivity index (χ3n) is 3.13. The fourth-order valence-electron chi connectivity index (χ4n) is 2.08. The lowest BCUT2D eigenvalue weighted by Crippen LogP contribution is -2.51. The smallest absolute Gasteiger partial charge is 0.303 e. The minimum Gasteiger partial charge on any atom is -0.481 e. The van der Waals surface area contributed by atoms with Crippen molar-refractivity contribution >= 4 is 11.9 Å². The minimum atomic E-state index is -0.874. The predicted octanol–water partition coefficient (Wildman–Crippen LogP) is 1.17. The number of methoxy groups -OCH3 is 1. The summed E-state index contributed by atoms with van der Waals surface area (Å²) in [6.45, 7) is 3.57. The van der Waals surface area contributed by atoms with E-state index >= 15 is 0 Å². The first-order valence-electron chi connectivity index (χ1n) is 5.88. The fraction of sp³-hybridized carbons (Fsp3) is 0.833. The molecule has 0 spiro atoms. The van der Waals surface area contributed by atoms with Gasteiger partial charge in [-0.05, 0) is 18.3 Å². The van der Waals surface area contributed by atoms with Crippen molar-refractivity contribution in [2.24, 2.45) is 5.41 Å². The van der Waals surface area contributed by atoms with Gasteiger partial charge in [0.15, 0.2) is 0 Å². The predicted molar refractivity (Wildman–Crippen MR) is 62.6 cm³/mol. The molecule has 0 bridgehead atoms. The summed E-state index contributed by atoms with van der Waals surface area (Å²) >= 11 is 0. The van der Waals surface area contributed by atoms with Gasteiger partial charge in [-0.15, -0.1) is 0 Å². The molecule has 0 aromatic heterocycles. The summed E-state index contributed by atoms with van der Waals surface area (Å²) in [7, 11) is 1.64. The van der Waals surface area contributed by atoms with Gasteiger partial charge in [-0.1, -0.05) is 13.8 Å². The zero-order valence-electron chi connectivity index (χ0n) is 10.7. The maximum Gasteiger partial charge on any atom is 0.303 e. The molecule has 2 unspecified atom stereocenters. The van der Waals surface area contributed by atoms with E-state index in [4.69, 9.17) is 9.84 Å². The molecule has 2 N–H and O–H groups in total. The molecule has 0 aromatic carbocycles. The van der Waals surface area contributed by atoms with Crippen molar-refractivity contribution in [3.8, 4) is 0 Å². The van der Waals surface area contributed by atoms with E-state index < -0.39 is 11.4 Å².